The van der Waals surface area contributed by atoms with E-state index in [2.05, 4.69) is 0 Å². The summed E-state index contributed by atoms with van der Waals surface area (Å²) in [7, 11) is 0. The van der Waals surface area contributed by atoms with Gasteiger partial charge in [-0.25, -0.2) is 0 Å². The van der Waals surface area contributed by atoms with Gasteiger partial charge in [0.05, 0.1) is 0 Å². The Bertz CT molecular complexity index is 534. The maximum absolute atomic E-state index is 13.2. The van der Waals surface area contributed by atoms with Crippen LogP contribution >= 0.6 is 0 Å². The third-order valence-electron chi connectivity index (χ3n) is 3.71. The third kappa shape index (κ3) is 4.75. The number of Topliss-reactive ketones (excluding diaryl/α,β-unsaturated/α-hetero) is 1. The lowest BCUT2D eigenvalue weighted by Gasteiger charge is -2.19. The van der Waals surface area contributed by atoms with Crippen molar-refractivity contribution in [3.8, 4) is 0 Å². The molecular weight excluding hydrogens is 315 g/mol. The van der Waals surface area contributed by atoms with Crippen LogP contribution in [-0.2, 0) is 12.8 Å². The second kappa shape index (κ2) is 7.88. The SMILES string of the molecule is CCCCc1ccc(C(=O)C(F)(F)C(F)(F)F)cc1CCCC. The summed E-state index contributed by atoms with van der Waals surface area (Å²) in [5.41, 5.74) is 1.01. The lowest BCUT2D eigenvalue weighted by molar-refractivity contribution is -0.255. The largest absolute Gasteiger partial charge is 0.461 e. The van der Waals surface area contributed by atoms with E-state index in [0.717, 1.165) is 43.7 Å². The molecule has 0 aliphatic heterocycles. The Balaban J connectivity index is 3.15. The van der Waals surface area contributed by atoms with Crippen molar-refractivity contribution < 1.29 is 26.7 Å². The average Bonchev–Trinajstić information content (AvgIpc) is 2.49. The van der Waals surface area contributed by atoms with E-state index in [0.29, 0.717) is 12.0 Å². The second-order valence-electron chi connectivity index (χ2n) is 5.59. The molecule has 0 radical (unpaired) electrons. The van der Waals surface area contributed by atoms with E-state index < -0.39 is 23.4 Å². The smallest absolute Gasteiger partial charge is 0.287 e. The zero-order valence-corrected chi connectivity index (χ0v) is 13.3. The van der Waals surface area contributed by atoms with E-state index in [1.54, 1.807) is 0 Å². The van der Waals surface area contributed by atoms with Gasteiger partial charge < -0.3 is 0 Å². The molecule has 0 fully saturated rings. The Morgan fingerprint density at radius 2 is 1.43 bits per heavy atom. The van der Waals surface area contributed by atoms with E-state index in [9.17, 15) is 26.7 Å². The van der Waals surface area contributed by atoms with Crippen molar-refractivity contribution in [2.75, 3.05) is 0 Å². The lowest BCUT2D eigenvalue weighted by Crippen LogP contribution is -2.44. The van der Waals surface area contributed by atoms with Gasteiger partial charge in [-0.15, -0.1) is 0 Å². The first-order valence-electron chi connectivity index (χ1n) is 7.76. The number of carbonyl (C=O) groups excluding carboxylic acids is 1. The van der Waals surface area contributed by atoms with E-state index in [1.165, 1.54) is 12.1 Å². The average molecular weight is 336 g/mol. The van der Waals surface area contributed by atoms with Crippen molar-refractivity contribution in [1.82, 2.24) is 0 Å². The van der Waals surface area contributed by atoms with Crippen LogP contribution in [0.3, 0.4) is 0 Å². The number of rotatable bonds is 8. The molecule has 130 valence electrons. The number of ketones is 1. The molecule has 0 bridgehead atoms. The number of hydrogen-bond donors (Lipinski definition) is 0. The number of halogens is 5. The van der Waals surface area contributed by atoms with Crippen LogP contribution in [0, 0.1) is 0 Å². The second-order valence-corrected chi connectivity index (χ2v) is 5.59. The van der Waals surface area contributed by atoms with Gasteiger partial charge in [0.2, 0.25) is 5.78 Å². The molecule has 0 aliphatic rings. The van der Waals surface area contributed by atoms with Crippen molar-refractivity contribution in [2.45, 2.75) is 64.5 Å². The highest BCUT2D eigenvalue weighted by Crippen LogP contribution is 2.38. The van der Waals surface area contributed by atoms with Gasteiger partial charge in [0.25, 0.3) is 0 Å². The molecule has 1 aromatic rings. The van der Waals surface area contributed by atoms with E-state index in [4.69, 9.17) is 0 Å². The lowest BCUT2D eigenvalue weighted by atomic mass is 9.93. The molecule has 0 unspecified atom stereocenters. The number of carbonyl (C=O) groups is 1. The van der Waals surface area contributed by atoms with Gasteiger partial charge in [-0.1, -0.05) is 38.8 Å². The third-order valence-corrected chi connectivity index (χ3v) is 3.71. The topological polar surface area (TPSA) is 17.1 Å². The van der Waals surface area contributed by atoms with Crippen LogP contribution in [0.1, 0.15) is 61.0 Å². The fraction of sp³-hybridized carbons (Fsp3) is 0.588. The molecule has 0 saturated heterocycles. The van der Waals surface area contributed by atoms with E-state index >= 15 is 0 Å². The summed E-state index contributed by atoms with van der Waals surface area (Å²) in [4.78, 5) is 11.6. The monoisotopic (exact) mass is 336 g/mol. The van der Waals surface area contributed by atoms with Crippen molar-refractivity contribution >= 4 is 5.78 Å². The van der Waals surface area contributed by atoms with Crippen LogP contribution < -0.4 is 0 Å². The molecule has 23 heavy (non-hydrogen) atoms. The zero-order valence-electron chi connectivity index (χ0n) is 13.3. The summed E-state index contributed by atoms with van der Waals surface area (Å²) in [5, 5.41) is 0. The van der Waals surface area contributed by atoms with Crippen LogP contribution in [0.15, 0.2) is 18.2 Å². The first kappa shape index (κ1) is 19.6. The van der Waals surface area contributed by atoms with E-state index in [1.807, 2.05) is 13.8 Å². The van der Waals surface area contributed by atoms with Gasteiger partial charge in [0.1, 0.15) is 0 Å². The predicted octanol–water partition coefficient (Wildman–Crippen LogP) is 5.75. The van der Waals surface area contributed by atoms with Crippen molar-refractivity contribution in [3.05, 3.63) is 34.9 Å². The minimum absolute atomic E-state index is 0.564. The Labute approximate surface area is 132 Å². The van der Waals surface area contributed by atoms with Gasteiger partial charge in [-0.05, 0) is 42.9 Å². The molecule has 1 aromatic carbocycles. The Morgan fingerprint density at radius 3 is 1.91 bits per heavy atom. The first-order chi connectivity index (χ1) is 10.6. The molecule has 0 heterocycles. The quantitative estimate of drug-likeness (QED) is 0.436. The summed E-state index contributed by atoms with van der Waals surface area (Å²) in [6, 6.07) is 3.77. The normalized spacial score (nSPS) is 12.5. The highest BCUT2D eigenvalue weighted by Gasteiger charge is 2.63. The maximum atomic E-state index is 13.2. The van der Waals surface area contributed by atoms with Gasteiger partial charge >= 0.3 is 12.1 Å². The van der Waals surface area contributed by atoms with E-state index in [-0.39, 0.29) is 0 Å². The zero-order chi connectivity index (χ0) is 17.7. The van der Waals surface area contributed by atoms with Crippen molar-refractivity contribution in [1.29, 1.82) is 0 Å². The summed E-state index contributed by atoms with van der Waals surface area (Å²) in [6.07, 6.45) is -1.11. The Hall–Kier alpha value is -1.46. The number of alkyl halides is 5. The Morgan fingerprint density at radius 1 is 0.913 bits per heavy atom. The van der Waals surface area contributed by atoms with Gasteiger partial charge in [0.15, 0.2) is 0 Å². The van der Waals surface area contributed by atoms with Gasteiger partial charge in [-0.3, -0.25) is 4.79 Å². The fourth-order valence-electron chi connectivity index (χ4n) is 2.29. The number of benzene rings is 1. The molecule has 0 spiro atoms. The molecule has 1 rings (SSSR count). The molecule has 0 saturated carbocycles. The predicted molar refractivity (Wildman–Crippen MR) is 79.0 cm³/mol. The van der Waals surface area contributed by atoms with Crippen LogP contribution in [0.4, 0.5) is 22.0 Å². The van der Waals surface area contributed by atoms with Crippen molar-refractivity contribution in [3.63, 3.8) is 0 Å². The number of unbranched alkanes of at least 4 members (excludes halogenated alkanes) is 2. The number of hydrogen-bond acceptors (Lipinski definition) is 1. The highest BCUT2D eigenvalue weighted by atomic mass is 19.4. The standard InChI is InChI=1S/C17H21F5O/c1-3-5-7-12-9-10-14(11-13(12)8-6-4-2)15(23)16(18,19)17(20,21)22/h9-11H,3-8H2,1-2H3. The minimum atomic E-state index is -5.88. The molecule has 0 aliphatic carbocycles. The summed E-state index contributed by atoms with van der Waals surface area (Å²) in [5.74, 6) is -7.55. The van der Waals surface area contributed by atoms with Crippen LogP contribution in [0.2, 0.25) is 0 Å². The van der Waals surface area contributed by atoms with Crippen molar-refractivity contribution in [2.24, 2.45) is 0 Å². The van der Waals surface area contributed by atoms with Crippen LogP contribution in [0.25, 0.3) is 0 Å². The first-order valence-corrected chi connectivity index (χ1v) is 7.76. The van der Waals surface area contributed by atoms with Crippen LogP contribution in [0.5, 0.6) is 0 Å². The molecule has 1 nitrogen and oxygen atoms in total. The van der Waals surface area contributed by atoms with Gasteiger partial charge in [-0.2, -0.15) is 22.0 Å². The summed E-state index contributed by atoms with van der Waals surface area (Å²) in [6.45, 7) is 3.96. The minimum Gasteiger partial charge on any atom is -0.287 e. The molecule has 0 N–H and O–H groups in total. The fourth-order valence-corrected chi connectivity index (χ4v) is 2.29. The van der Waals surface area contributed by atoms with Gasteiger partial charge in [0, 0.05) is 5.56 Å². The molecular formula is C17H21F5O. The van der Waals surface area contributed by atoms with Crippen LogP contribution in [-0.4, -0.2) is 17.9 Å². The molecule has 0 atom stereocenters. The maximum Gasteiger partial charge on any atom is 0.461 e. The Kier molecular flexibility index (Phi) is 6.71. The summed E-state index contributed by atoms with van der Waals surface area (Å²) < 4.78 is 63.5. The highest BCUT2D eigenvalue weighted by molar-refractivity contribution is 6.02. The molecule has 6 heteroatoms. The number of aryl methyl sites for hydroxylation is 2. The summed E-state index contributed by atoms with van der Waals surface area (Å²) >= 11 is 0. The molecule has 0 amide bonds. The molecule has 0 aromatic heterocycles.